The van der Waals surface area contributed by atoms with Gasteiger partial charge in [0.15, 0.2) is 0 Å². The number of likely N-dealkylation sites (tertiary alicyclic amines) is 2. The van der Waals surface area contributed by atoms with Gasteiger partial charge in [0.05, 0.1) is 0 Å². The first-order valence-corrected chi connectivity index (χ1v) is 14.5. The molecule has 1 N–H and O–H groups in total. The SMILES string of the molecule is CC(=O)N1CCC2(CC1)N=C(c1ccc(-c3ccc4[nH]ccc4c3)cc1)N(CC1CCN(C(=O)C3CC3)C1)C2=O. The summed E-state index contributed by atoms with van der Waals surface area (Å²) in [5.41, 5.74) is 3.47. The van der Waals surface area contributed by atoms with Gasteiger partial charge in [-0.1, -0.05) is 30.3 Å². The van der Waals surface area contributed by atoms with E-state index in [2.05, 4.69) is 53.5 Å². The van der Waals surface area contributed by atoms with Crippen molar-refractivity contribution in [3.63, 3.8) is 0 Å². The average molecular weight is 538 g/mol. The highest BCUT2D eigenvalue weighted by Gasteiger charge is 2.51. The van der Waals surface area contributed by atoms with Gasteiger partial charge in [0, 0.05) is 62.8 Å². The van der Waals surface area contributed by atoms with E-state index >= 15 is 0 Å². The zero-order chi connectivity index (χ0) is 27.4. The Hall–Kier alpha value is -3.94. The van der Waals surface area contributed by atoms with E-state index in [4.69, 9.17) is 4.99 Å². The highest BCUT2D eigenvalue weighted by atomic mass is 16.2. The molecule has 3 amide bonds. The molecule has 3 aliphatic heterocycles. The summed E-state index contributed by atoms with van der Waals surface area (Å²) < 4.78 is 0. The number of aromatic amines is 1. The summed E-state index contributed by atoms with van der Waals surface area (Å²) in [6.07, 6.45) is 5.95. The van der Waals surface area contributed by atoms with Gasteiger partial charge in [0.2, 0.25) is 11.8 Å². The van der Waals surface area contributed by atoms with E-state index in [0.717, 1.165) is 53.8 Å². The number of carbonyl (C=O) groups is 3. The molecule has 7 rings (SSSR count). The first kappa shape index (κ1) is 25.1. The van der Waals surface area contributed by atoms with Crippen molar-refractivity contribution in [1.29, 1.82) is 0 Å². The molecule has 0 radical (unpaired) electrons. The number of nitrogens with zero attached hydrogens (tertiary/aromatic N) is 4. The molecule has 206 valence electrons. The third-order valence-electron chi connectivity index (χ3n) is 9.25. The van der Waals surface area contributed by atoms with Crippen LogP contribution in [-0.4, -0.2) is 81.5 Å². The predicted octanol–water partition coefficient (Wildman–Crippen LogP) is 4.06. The summed E-state index contributed by atoms with van der Waals surface area (Å²) in [7, 11) is 0. The van der Waals surface area contributed by atoms with Crippen LogP contribution in [0.4, 0.5) is 0 Å². The van der Waals surface area contributed by atoms with Crippen molar-refractivity contribution in [2.45, 2.75) is 44.6 Å². The summed E-state index contributed by atoms with van der Waals surface area (Å²) in [5, 5.41) is 1.17. The van der Waals surface area contributed by atoms with Crippen molar-refractivity contribution >= 4 is 34.5 Å². The molecule has 8 heteroatoms. The van der Waals surface area contributed by atoms with Gasteiger partial charge >= 0.3 is 0 Å². The van der Waals surface area contributed by atoms with Gasteiger partial charge in [-0.05, 0) is 72.7 Å². The minimum Gasteiger partial charge on any atom is -0.361 e. The zero-order valence-electron chi connectivity index (χ0n) is 22.9. The van der Waals surface area contributed by atoms with Crippen LogP contribution in [0.3, 0.4) is 0 Å². The largest absolute Gasteiger partial charge is 0.361 e. The number of rotatable bonds is 5. The lowest BCUT2D eigenvalue weighted by Crippen LogP contribution is -2.51. The molecule has 2 saturated heterocycles. The van der Waals surface area contributed by atoms with E-state index in [1.54, 1.807) is 6.92 Å². The number of aliphatic imine (C=N–C) groups is 1. The fraction of sp³-hybridized carbons (Fsp3) is 0.438. The summed E-state index contributed by atoms with van der Waals surface area (Å²) in [6, 6.07) is 16.8. The predicted molar refractivity (Wildman–Crippen MR) is 154 cm³/mol. The van der Waals surface area contributed by atoms with Crippen LogP contribution in [-0.2, 0) is 14.4 Å². The molecule has 1 aliphatic carbocycles. The number of benzene rings is 2. The third-order valence-corrected chi connectivity index (χ3v) is 9.25. The molecule has 1 saturated carbocycles. The third kappa shape index (κ3) is 4.39. The number of fused-ring (bicyclic) bond motifs is 1. The molecule has 1 atom stereocenters. The lowest BCUT2D eigenvalue weighted by molar-refractivity contribution is -0.137. The number of nitrogens with one attached hydrogen (secondary N) is 1. The van der Waals surface area contributed by atoms with Crippen molar-refractivity contribution in [3.8, 4) is 11.1 Å². The van der Waals surface area contributed by atoms with Gasteiger partial charge in [-0.3, -0.25) is 24.3 Å². The molecule has 0 bridgehead atoms. The fourth-order valence-corrected chi connectivity index (χ4v) is 6.64. The molecular formula is C32H35N5O3. The molecule has 2 aromatic carbocycles. The molecule has 4 aliphatic rings. The van der Waals surface area contributed by atoms with E-state index in [1.165, 1.54) is 5.39 Å². The second kappa shape index (κ2) is 9.61. The number of carbonyl (C=O) groups excluding carboxylic acids is 3. The second-order valence-corrected chi connectivity index (χ2v) is 12.0. The van der Waals surface area contributed by atoms with Gasteiger partial charge in [-0.2, -0.15) is 0 Å². The normalized spacial score (nSPS) is 22.4. The van der Waals surface area contributed by atoms with Crippen LogP contribution < -0.4 is 0 Å². The Morgan fingerprint density at radius 3 is 2.38 bits per heavy atom. The van der Waals surface area contributed by atoms with E-state index in [-0.39, 0.29) is 29.6 Å². The Morgan fingerprint density at radius 1 is 0.925 bits per heavy atom. The maximum atomic E-state index is 14.1. The number of aromatic nitrogens is 1. The lowest BCUT2D eigenvalue weighted by atomic mass is 9.87. The van der Waals surface area contributed by atoms with Gasteiger partial charge in [0.1, 0.15) is 11.4 Å². The molecule has 1 spiro atoms. The quantitative estimate of drug-likeness (QED) is 0.532. The van der Waals surface area contributed by atoms with Crippen LogP contribution in [0.1, 0.15) is 44.6 Å². The maximum absolute atomic E-state index is 14.1. The van der Waals surface area contributed by atoms with Crippen LogP contribution >= 0.6 is 0 Å². The Balaban J connectivity index is 1.16. The van der Waals surface area contributed by atoms with Crippen molar-refractivity contribution in [1.82, 2.24) is 19.7 Å². The second-order valence-electron chi connectivity index (χ2n) is 12.0. The van der Waals surface area contributed by atoms with Crippen LogP contribution in [0.2, 0.25) is 0 Å². The zero-order valence-corrected chi connectivity index (χ0v) is 22.9. The summed E-state index contributed by atoms with van der Waals surface area (Å²) in [6.45, 7) is 4.71. The molecule has 40 heavy (non-hydrogen) atoms. The number of H-pyrrole nitrogens is 1. The van der Waals surface area contributed by atoms with Gasteiger partial charge < -0.3 is 14.8 Å². The van der Waals surface area contributed by atoms with Crippen LogP contribution in [0.25, 0.3) is 22.0 Å². The maximum Gasteiger partial charge on any atom is 0.256 e. The Labute approximate surface area is 234 Å². The monoisotopic (exact) mass is 537 g/mol. The summed E-state index contributed by atoms with van der Waals surface area (Å²) in [5.74, 6) is 1.54. The Morgan fingerprint density at radius 2 is 1.65 bits per heavy atom. The van der Waals surface area contributed by atoms with Crippen molar-refractivity contribution in [2.24, 2.45) is 16.8 Å². The number of amidine groups is 1. The number of amides is 3. The fourth-order valence-electron chi connectivity index (χ4n) is 6.64. The standard InChI is InChI=1S/C32H35N5O3/c1-21(38)35-16-12-32(13-17-35)31(40)37(20-22-11-15-36(19-22)30(39)25-6-7-25)29(34-32)24-4-2-23(3-5-24)26-8-9-28-27(18-26)10-14-33-28/h2-5,8-10,14,18,22,25,33H,6-7,11-13,15-17,19-20H2,1H3. The Kier molecular flexibility index (Phi) is 6.02. The molecule has 8 nitrogen and oxygen atoms in total. The summed E-state index contributed by atoms with van der Waals surface area (Å²) >= 11 is 0. The minimum absolute atomic E-state index is 0.0413. The van der Waals surface area contributed by atoms with Crippen LogP contribution in [0, 0.1) is 11.8 Å². The molecule has 1 aromatic heterocycles. The van der Waals surface area contributed by atoms with Crippen molar-refractivity contribution in [3.05, 3.63) is 60.3 Å². The first-order valence-electron chi connectivity index (χ1n) is 14.5. The molecule has 1 unspecified atom stereocenters. The van der Waals surface area contributed by atoms with Gasteiger partial charge in [-0.25, -0.2) is 0 Å². The highest BCUT2D eigenvalue weighted by molar-refractivity contribution is 6.15. The minimum atomic E-state index is -0.818. The van der Waals surface area contributed by atoms with E-state index in [1.807, 2.05) is 20.9 Å². The first-order chi connectivity index (χ1) is 19.4. The highest BCUT2D eigenvalue weighted by Crippen LogP contribution is 2.38. The smallest absolute Gasteiger partial charge is 0.256 e. The molecule has 3 fully saturated rings. The van der Waals surface area contributed by atoms with Crippen LogP contribution in [0.5, 0.6) is 0 Å². The van der Waals surface area contributed by atoms with Crippen molar-refractivity contribution in [2.75, 3.05) is 32.7 Å². The molecular weight excluding hydrogens is 502 g/mol. The summed E-state index contributed by atoms with van der Waals surface area (Å²) in [4.78, 5) is 52.8. The van der Waals surface area contributed by atoms with Crippen molar-refractivity contribution < 1.29 is 14.4 Å². The van der Waals surface area contributed by atoms with Gasteiger partial charge in [-0.15, -0.1) is 0 Å². The van der Waals surface area contributed by atoms with Crippen LogP contribution in [0.15, 0.2) is 59.7 Å². The van der Waals surface area contributed by atoms with E-state index < -0.39 is 5.54 Å². The number of piperidine rings is 1. The average Bonchev–Trinajstić information content (AvgIpc) is 3.43. The van der Waals surface area contributed by atoms with Gasteiger partial charge in [0.25, 0.3) is 5.91 Å². The molecule has 3 aromatic rings. The number of hydrogen-bond acceptors (Lipinski definition) is 4. The lowest BCUT2D eigenvalue weighted by Gasteiger charge is -2.36. The van der Waals surface area contributed by atoms with E-state index in [0.29, 0.717) is 39.0 Å². The topological polar surface area (TPSA) is 89.1 Å². The van der Waals surface area contributed by atoms with E-state index in [9.17, 15) is 14.4 Å². The number of hydrogen-bond donors (Lipinski definition) is 1. The Bertz CT molecular complexity index is 1510. The molecule has 4 heterocycles.